The van der Waals surface area contributed by atoms with Gasteiger partial charge >= 0.3 is 0 Å². The van der Waals surface area contributed by atoms with Gasteiger partial charge in [0.05, 0.1) is 24.0 Å². The SMILES string of the molecule is CC1C(CN2C(=O)C(Cc3cn(C(c4ccccc4)(c4ccccc4)c4ccccc4)cn3)(Cc3cn(C(c4ccccc4)(c4ccccc4)c4ccccc4)cn3)NC2=S)CC2CC1C2(C)C. The van der Waals surface area contributed by atoms with Crippen LogP contribution in [0.2, 0.25) is 0 Å². The zero-order valence-electron chi connectivity index (χ0n) is 39.0. The van der Waals surface area contributed by atoms with Crippen LogP contribution in [-0.2, 0) is 28.7 Å². The summed E-state index contributed by atoms with van der Waals surface area (Å²) in [6.07, 6.45) is 11.1. The van der Waals surface area contributed by atoms with Crippen molar-refractivity contribution in [1.29, 1.82) is 0 Å². The molecule has 2 aromatic heterocycles. The highest BCUT2D eigenvalue weighted by molar-refractivity contribution is 7.80. The first-order valence-corrected chi connectivity index (χ1v) is 24.6. The number of imidazole rings is 2. The minimum atomic E-state index is -1.15. The molecule has 340 valence electrons. The topological polar surface area (TPSA) is 68.0 Å². The van der Waals surface area contributed by atoms with Crippen LogP contribution in [0.1, 0.15) is 78.4 Å². The molecule has 3 heterocycles. The minimum absolute atomic E-state index is 0.0156. The lowest BCUT2D eigenvalue weighted by Gasteiger charge is -2.62. The minimum Gasteiger partial charge on any atom is -0.347 e. The Hall–Kier alpha value is -6.90. The van der Waals surface area contributed by atoms with E-state index in [0.717, 1.165) is 51.2 Å². The van der Waals surface area contributed by atoms with Gasteiger partial charge in [-0.25, -0.2) is 9.97 Å². The number of hydrogen-bond donors (Lipinski definition) is 1. The molecule has 1 aliphatic heterocycles. The maximum atomic E-state index is 15.7. The number of fused-ring (bicyclic) bond motifs is 2. The fraction of sp³-hybridized carbons (Fsp3) is 0.267. The highest BCUT2D eigenvalue weighted by Crippen LogP contribution is 2.63. The summed E-state index contributed by atoms with van der Waals surface area (Å²) in [6.45, 7) is 7.86. The van der Waals surface area contributed by atoms with Crippen molar-refractivity contribution in [3.05, 3.63) is 252 Å². The molecule has 4 unspecified atom stereocenters. The van der Waals surface area contributed by atoms with Crippen molar-refractivity contribution in [3.8, 4) is 0 Å². The van der Waals surface area contributed by atoms with Crippen LogP contribution in [0.5, 0.6) is 0 Å². The molecule has 4 fully saturated rings. The molecule has 3 aliphatic carbocycles. The summed E-state index contributed by atoms with van der Waals surface area (Å²) < 4.78 is 4.46. The van der Waals surface area contributed by atoms with Gasteiger partial charge in [0, 0.05) is 31.8 Å². The highest BCUT2D eigenvalue weighted by atomic mass is 32.1. The largest absolute Gasteiger partial charge is 0.347 e. The normalized spacial score (nSPS) is 20.7. The third-order valence-corrected chi connectivity index (χ3v) is 16.7. The van der Waals surface area contributed by atoms with Gasteiger partial charge in [0.1, 0.15) is 16.6 Å². The standard InChI is InChI=1S/C60H58N6OS/c1-43-44(34-51-35-54(43)57(51,2)3)38-66-55(67)58(63-56(66)68,36-52-39-64(41-61-52)59(45-22-10-4-11-23-45,46-24-12-5-13-25-46)47-26-14-6-15-27-47)37-53-40-65(42-62-53)60(48-28-16-7-17-29-48,49-30-18-8-19-31-49)50-32-20-9-21-33-50/h4-33,39-44,51,54H,34-38H2,1-3H3,(H,63,68). The van der Waals surface area contributed by atoms with Gasteiger partial charge in [0.2, 0.25) is 0 Å². The summed E-state index contributed by atoms with van der Waals surface area (Å²) >= 11 is 6.25. The van der Waals surface area contributed by atoms with E-state index in [0.29, 0.717) is 53.6 Å². The lowest BCUT2D eigenvalue weighted by molar-refractivity contribution is -0.141. The van der Waals surface area contributed by atoms with E-state index in [4.69, 9.17) is 22.2 Å². The molecule has 8 heteroatoms. The van der Waals surface area contributed by atoms with Crippen LogP contribution < -0.4 is 5.32 Å². The Bertz CT molecular complexity index is 2670. The molecule has 1 N–H and O–H groups in total. The maximum Gasteiger partial charge on any atom is 0.255 e. The van der Waals surface area contributed by atoms with Gasteiger partial charge in [0.25, 0.3) is 5.91 Å². The van der Waals surface area contributed by atoms with Crippen molar-refractivity contribution in [2.75, 3.05) is 6.54 Å². The van der Waals surface area contributed by atoms with Gasteiger partial charge in [0.15, 0.2) is 5.11 Å². The summed E-state index contributed by atoms with van der Waals surface area (Å²) in [5.74, 6) is 2.18. The first-order valence-electron chi connectivity index (χ1n) is 24.2. The number of amides is 1. The van der Waals surface area contributed by atoms with Crippen molar-refractivity contribution < 1.29 is 4.79 Å². The van der Waals surface area contributed by atoms with E-state index in [-0.39, 0.29) is 5.91 Å². The number of rotatable bonds is 14. The molecule has 7 nitrogen and oxygen atoms in total. The Morgan fingerprint density at radius 2 is 0.926 bits per heavy atom. The first-order chi connectivity index (χ1) is 33.1. The molecular weight excluding hydrogens is 853 g/mol. The Balaban J connectivity index is 1.02. The van der Waals surface area contributed by atoms with E-state index < -0.39 is 16.6 Å². The molecule has 0 radical (unpaired) electrons. The number of carbonyl (C=O) groups excluding carboxylic acids is 1. The van der Waals surface area contributed by atoms with E-state index in [1.807, 2.05) is 17.6 Å². The van der Waals surface area contributed by atoms with Crippen LogP contribution in [0.4, 0.5) is 0 Å². The van der Waals surface area contributed by atoms with E-state index in [2.05, 4.69) is 230 Å². The first kappa shape index (κ1) is 43.7. The average Bonchev–Trinajstić information content (AvgIpc) is 4.10. The van der Waals surface area contributed by atoms with E-state index in [9.17, 15) is 0 Å². The van der Waals surface area contributed by atoms with E-state index >= 15 is 4.79 Å². The molecule has 68 heavy (non-hydrogen) atoms. The zero-order chi connectivity index (χ0) is 46.5. The number of thiocarbonyl (C=S) groups is 1. The lowest BCUT2D eigenvalue weighted by atomic mass is 9.43. The number of hydrogen-bond acceptors (Lipinski definition) is 4. The molecule has 1 amide bonds. The smallest absolute Gasteiger partial charge is 0.255 e. The Labute approximate surface area is 405 Å². The number of nitrogens with one attached hydrogen (secondary N) is 1. The maximum absolute atomic E-state index is 15.7. The average molecular weight is 911 g/mol. The summed E-state index contributed by atoms with van der Waals surface area (Å²) in [6, 6.07) is 63.7. The van der Waals surface area contributed by atoms with E-state index in [1.54, 1.807) is 0 Å². The van der Waals surface area contributed by atoms with Crippen molar-refractivity contribution in [1.82, 2.24) is 29.3 Å². The molecule has 12 rings (SSSR count). The lowest BCUT2D eigenvalue weighted by Crippen LogP contribution is -2.57. The Morgan fingerprint density at radius 1 is 0.574 bits per heavy atom. The van der Waals surface area contributed by atoms with Crippen LogP contribution >= 0.6 is 12.2 Å². The summed E-state index contributed by atoms with van der Waals surface area (Å²) in [5.41, 5.74) is 5.86. The second-order valence-corrected chi connectivity index (χ2v) is 20.5. The van der Waals surface area contributed by atoms with Crippen LogP contribution in [0.25, 0.3) is 0 Å². The van der Waals surface area contributed by atoms with Crippen molar-refractivity contribution >= 4 is 23.2 Å². The third-order valence-electron chi connectivity index (χ3n) is 16.3. The van der Waals surface area contributed by atoms with Crippen LogP contribution in [0.3, 0.4) is 0 Å². The molecular formula is C60H58N6OS. The second-order valence-electron chi connectivity index (χ2n) is 20.2. The fourth-order valence-corrected chi connectivity index (χ4v) is 13.1. The predicted molar refractivity (Wildman–Crippen MR) is 274 cm³/mol. The third kappa shape index (κ3) is 7.06. The van der Waals surface area contributed by atoms with Gasteiger partial charge in [-0.1, -0.05) is 203 Å². The van der Waals surface area contributed by atoms with Gasteiger partial charge in [-0.05, 0) is 87.5 Å². The molecule has 2 bridgehead atoms. The van der Waals surface area contributed by atoms with Gasteiger partial charge in [-0.2, -0.15) is 0 Å². The highest BCUT2D eigenvalue weighted by Gasteiger charge is 2.58. The Kier molecular flexibility index (Phi) is 11.1. The van der Waals surface area contributed by atoms with Gasteiger partial charge < -0.3 is 14.5 Å². The molecule has 4 atom stereocenters. The van der Waals surface area contributed by atoms with Crippen molar-refractivity contribution in [2.24, 2.45) is 29.1 Å². The summed E-state index contributed by atoms with van der Waals surface area (Å²) in [5, 5.41) is 4.19. The molecule has 8 aromatic rings. The molecule has 6 aromatic carbocycles. The number of benzene rings is 6. The number of nitrogens with zero attached hydrogens (tertiary/aromatic N) is 5. The summed E-state index contributed by atoms with van der Waals surface area (Å²) in [4.78, 5) is 28.0. The molecule has 1 saturated heterocycles. The van der Waals surface area contributed by atoms with Gasteiger partial charge in [-0.15, -0.1) is 0 Å². The fourth-order valence-electron chi connectivity index (χ4n) is 12.7. The molecule has 4 aliphatic rings. The van der Waals surface area contributed by atoms with Crippen molar-refractivity contribution in [2.45, 2.75) is 63.1 Å². The quantitative estimate of drug-likeness (QED) is 0.0870. The van der Waals surface area contributed by atoms with Crippen LogP contribution in [0.15, 0.2) is 207 Å². The second kappa shape index (κ2) is 17.3. The Morgan fingerprint density at radius 3 is 1.25 bits per heavy atom. The number of carbonyl (C=O) groups is 1. The predicted octanol–water partition coefficient (Wildman–Crippen LogP) is 11.3. The zero-order valence-corrected chi connectivity index (χ0v) is 39.8. The summed E-state index contributed by atoms with van der Waals surface area (Å²) in [7, 11) is 0. The van der Waals surface area contributed by atoms with Crippen molar-refractivity contribution in [3.63, 3.8) is 0 Å². The number of aromatic nitrogens is 4. The molecule has 3 saturated carbocycles. The van der Waals surface area contributed by atoms with E-state index in [1.165, 1.54) is 6.42 Å². The van der Waals surface area contributed by atoms with Gasteiger partial charge in [-0.3, -0.25) is 9.69 Å². The molecule has 0 spiro atoms. The monoisotopic (exact) mass is 910 g/mol. The van der Waals surface area contributed by atoms with Crippen LogP contribution in [0, 0.1) is 29.1 Å². The van der Waals surface area contributed by atoms with Crippen LogP contribution in [-0.4, -0.2) is 47.1 Å².